The molecule has 43 heavy (non-hydrogen) atoms. The topological polar surface area (TPSA) is 120 Å². The predicted molar refractivity (Wildman–Crippen MR) is 158 cm³/mol. The van der Waals surface area contributed by atoms with Gasteiger partial charge in [-0.1, -0.05) is 24.3 Å². The molecule has 2 aromatic carbocycles. The summed E-state index contributed by atoms with van der Waals surface area (Å²) in [6.07, 6.45) is 0.277. The third kappa shape index (κ3) is 10.4. The molecule has 1 atom stereocenters. The van der Waals surface area contributed by atoms with Crippen LogP contribution >= 0.6 is 0 Å². The van der Waals surface area contributed by atoms with Crippen LogP contribution in [-0.4, -0.2) is 65.7 Å². The zero-order valence-corrected chi connectivity index (χ0v) is 25.3. The first-order valence-electron chi connectivity index (χ1n) is 13.9. The summed E-state index contributed by atoms with van der Waals surface area (Å²) in [6, 6.07) is 12.8. The molecule has 3 rings (SSSR count). The number of halogens is 3. The highest BCUT2D eigenvalue weighted by Gasteiger charge is 2.34. The molecule has 1 heterocycles. The number of aliphatic carboxylic acids is 1. The summed E-state index contributed by atoms with van der Waals surface area (Å²) in [7, 11) is -3.18. The Labute approximate surface area is 250 Å². The molecular formula is C31H38F3N3O5S. The number of aliphatic hydroxyl groups excluding tert-OH is 1. The van der Waals surface area contributed by atoms with Crippen molar-refractivity contribution in [3.05, 3.63) is 83.7 Å². The zero-order valence-electron chi connectivity index (χ0n) is 24.4. The normalized spacial score (nSPS) is 13.3. The van der Waals surface area contributed by atoms with E-state index in [2.05, 4.69) is 10.3 Å². The lowest BCUT2D eigenvalue weighted by atomic mass is 9.95. The Kier molecular flexibility index (Phi) is 11.5. The van der Waals surface area contributed by atoms with E-state index in [4.69, 9.17) is 5.11 Å². The number of benzene rings is 2. The first-order chi connectivity index (χ1) is 20.1. The number of pyridine rings is 1. The molecule has 234 valence electrons. The fourth-order valence-electron chi connectivity index (χ4n) is 4.60. The third-order valence-corrected chi connectivity index (χ3v) is 8.96. The van der Waals surface area contributed by atoms with Crippen molar-refractivity contribution in [1.29, 1.82) is 0 Å². The van der Waals surface area contributed by atoms with Crippen LogP contribution in [0.25, 0.3) is 11.1 Å². The lowest BCUT2D eigenvalue weighted by molar-refractivity contribution is -0.138. The Bertz CT molecular complexity index is 1460. The van der Waals surface area contributed by atoms with Crippen molar-refractivity contribution in [2.45, 2.75) is 68.7 Å². The summed E-state index contributed by atoms with van der Waals surface area (Å²) < 4.78 is 69.0. The van der Waals surface area contributed by atoms with Crippen molar-refractivity contribution in [3.63, 3.8) is 0 Å². The largest absolute Gasteiger partial charge is 0.481 e. The lowest BCUT2D eigenvalue weighted by Gasteiger charge is -2.29. The molecule has 0 amide bonds. The molecular weight excluding hydrogens is 583 g/mol. The lowest BCUT2D eigenvalue weighted by Crippen LogP contribution is -2.46. The van der Waals surface area contributed by atoms with Crippen molar-refractivity contribution in [1.82, 2.24) is 14.6 Å². The second kappa shape index (κ2) is 14.4. The number of rotatable bonds is 15. The maximum absolute atomic E-state index is 13.8. The number of nitrogens with one attached hydrogen (secondary N) is 1. The van der Waals surface area contributed by atoms with Crippen molar-refractivity contribution >= 4 is 16.0 Å². The Hall–Kier alpha value is -3.32. The molecule has 0 saturated carbocycles. The second-order valence-corrected chi connectivity index (χ2v) is 13.3. The van der Waals surface area contributed by atoms with Gasteiger partial charge in [-0.3, -0.25) is 9.78 Å². The number of aryl methyl sites for hydroxylation is 2. The summed E-state index contributed by atoms with van der Waals surface area (Å²) in [5.41, 5.74) is 0.781. The molecule has 0 aliphatic rings. The number of hydrogen-bond donors (Lipinski definition) is 3. The second-order valence-electron chi connectivity index (χ2n) is 11.2. The van der Waals surface area contributed by atoms with Gasteiger partial charge in [0.05, 0.1) is 16.6 Å². The van der Waals surface area contributed by atoms with Crippen LogP contribution in [0.3, 0.4) is 0 Å². The van der Waals surface area contributed by atoms with E-state index in [-0.39, 0.29) is 37.0 Å². The number of aliphatic hydroxyl groups is 1. The number of nitrogens with zero attached hydrogens (tertiary/aromatic N) is 2. The van der Waals surface area contributed by atoms with Gasteiger partial charge in [-0.2, -0.15) is 17.5 Å². The molecule has 0 fully saturated rings. The number of carboxylic acid groups (broad SMARTS) is 1. The Balaban J connectivity index is 1.69. The molecule has 0 saturated heterocycles. The molecule has 8 nitrogen and oxygen atoms in total. The van der Waals surface area contributed by atoms with E-state index >= 15 is 0 Å². The van der Waals surface area contributed by atoms with Gasteiger partial charge in [0.2, 0.25) is 10.0 Å². The Morgan fingerprint density at radius 3 is 2.21 bits per heavy atom. The van der Waals surface area contributed by atoms with E-state index in [0.29, 0.717) is 17.2 Å². The molecule has 3 aromatic rings. The number of aromatic nitrogens is 1. The summed E-state index contributed by atoms with van der Waals surface area (Å²) in [4.78, 5) is 14.3. The summed E-state index contributed by atoms with van der Waals surface area (Å²) in [5, 5.41) is 22.7. The van der Waals surface area contributed by atoms with Crippen LogP contribution in [0.4, 0.5) is 13.2 Å². The Morgan fingerprint density at radius 2 is 1.60 bits per heavy atom. The van der Waals surface area contributed by atoms with Gasteiger partial charge in [0, 0.05) is 44.5 Å². The molecule has 3 N–H and O–H groups in total. The molecule has 0 bridgehead atoms. The Morgan fingerprint density at radius 1 is 0.977 bits per heavy atom. The highest BCUT2D eigenvalue weighted by Crippen LogP contribution is 2.35. The summed E-state index contributed by atoms with van der Waals surface area (Å²) in [5.74, 6) is -0.970. The number of carbonyl (C=O) groups is 1. The van der Waals surface area contributed by atoms with Crippen molar-refractivity contribution in [2.24, 2.45) is 0 Å². The molecule has 0 aliphatic carbocycles. The molecule has 12 heteroatoms. The average molecular weight is 622 g/mol. The monoisotopic (exact) mass is 621 g/mol. The van der Waals surface area contributed by atoms with Crippen LogP contribution in [0.1, 0.15) is 49.8 Å². The van der Waals surface area contributed by atoms with Crippen molar-refractivity contribution < 1.29 is 36.6 Å². The van der Waals surface area contributed by atoms with Crippen molar-refractivity contribution in [2.75, 3.05) is 20.1 Å². The number of β-amino-alcohol motifs (C(OH)–C–C–N with tert-alkyl or cyclic N) is 1. The first kappa shape index (κ1) is 34.2. The van der Waals surface area contributed by atoms with E-state index in [1.807, 2.05) is 26.0 Å². The van der Waals surface area contributed by atoms with Gasteiger partial charge < -0.3 is 15.5 Å². The highest BCUT2D eigenvalue weighted by atomic mass is 32.2. The maximum atomic E-state index is 13.8. The van der Waals surface area contributed by atoms with E-state index in [9.17, 15) is 31.5 Å². The number of alkyl halides is 3. The molecule has 0 aliphatic heterocycles. The fourth-order valence-corrected chi connectivity index (χ4v) is 5.88. The number of sulfonamides is 1. The number of likely N-dealkylation sites (N-methyl/N-ethyl adjacent to an activating group) is 1. The number of carboxylic acids is 1. The van der Waals surface area contributed by atoms with E-state index in [0.717, 1.165) is 29.6 Å². The van der Waals surface area contributed by atoms with Gasteiger partial charge >= 0.3 is 12.1 Å². The van der Waals surface area contributed by atoms with Gasteiger partial charge in [-0.25, -0.2) is 8.42 Å². The van der Waals surface area contributed by atoms with Crippen LogP contribution in [0, 0.1) is 0 Å². The number of hydrogen-bond acceptors (Lipinski definition) is 6. The smallest absolute Gasteiger partial charge is 0.416 e. The van der Waals surface area contributed by atoms with Gasteiger partial charge in [-0.05, 0) is 92.1 Å². The zero-order chi connectivity index (χ0) is 31.8. The van der Waals surface area contributed by atoms with Crippen LogP contribution in [0.2, 0.25) is 0 Å². The molecule has 0 radical (unpaired) electrons. The minimum absolute atomic E-state index is 0.0438. The minimum Gasteiger partial charge on any atom is -0.481 e. The maximum Gasteiger partial charge on any atom is 0.416 e. The van der Waals surface area contributed by atoms with Crippen LogP contribution in [-0.2, 0) is 33.8 Å². The SMILES string of the molecule is CN(C[C@H](O)CNC(C)(C)CCCc1ccncc1)S(=O)(=O)c1cc(-c2ccc(CCC(=O)O)cc2)cc(C(F)(F)F)c1. The highest BCUT2D eigenvalue weighted by molar-refractivity contribution is 7.89. The standard InChI is InChI=1S/C31H38F3N3O5S/c1-30(2,14-4-5-22-12-15-35-16-13-22)36-20-27(38)21-37(3)43(41,42)28-18-25(17-26(19-28)31(32,33)34)24-9-6-23(7-10-24)8-11-29(39)40/h6-7,9-10,12-13,15-19,27,36,38H,4-5,8,11,14,20-21H2,1-3H3,(H,39,40)/t27-/m1/s1. The van der Waals surface area contributed by atoms with E-state index in [1.165, 1.54) is 30.8 Å². The average Bonchev–Trinajstić information content (AvgIpc) is 2.95. The third-order valence-electron chi connectivity index (χ3n) is 7.16. The summed E-state index contributed by atoms with van der Waals surface area (Å²) >= 11 is 0. The minimum atomic E-state index is -4.80. The molecule has 1 aromatic heterocycles. The van der Waals surface area contributed by atoms with Crippen LogP contribution in [0.15, 0.2) is 71.9 Å². The van der Waals surface area contributed by atoms with Crippen LogP contribution in [0.5, 0.6) is 0 Å². The fraction of sp³-hybridized carbons (Fsp3) is 0.419. The van der Waals surface area contributed by atoms with Gasteiger partial charge in [0.15, 0.2) is 0 Å². The van der Waals surface area contributed by atoms with Gasteiger partial charge in [-0.15, -0.1) is 0 Å². The van der Waals surface area contributed by atoms with E-state index in [1.54, 1.807) is 24.5 Å². The first-order valence-corrected chi connectivity index (χ1v) is 15.3. The summed E-state index contributed by atoms with van der Waals surface area (Å²) in [6.45, 7) is 3.72. The quantitative estimate of drug-likeness (QED) is 0.215. The van der Waals surface area contributed by atoms with E-state index < -0.39 is 38.7 Å². The van der Waals surface area contributed by atoms with Crippen molar-refractivity contribution in [3.8, 4) is 11.1 Å². The van der Waals surface area contributed by atoms with Gasteiger partial charge in [0.25, 0.3) is 0 Å². The van der Waals surface area contributed by atoms with Crippen LogP contribution < -0.4 is 5.32 Å². The molecule has 0 spiro atoms. The molecule has 0 unspecified atom stereocenters. The predicted octanol–water partition coefficient (Wildman–Crippen LogP) is 5.16. The van der Waals surface area contributed by atoms with Gasteiger partial charge in [0.1, 0.15) is 0 Å².